The number of carboxylic acid groups (broad SMARTS) is 1. The summed E-state index contributed by atoms with van der Waals surface area (Å²) in [5.41, 5.74) is 1.79. The average molecular weight is 549 g/mol. The van der Waals surface area contributed by atoms with Gasteiger partial charge in [0.1, 0.15) is 6.61 Å². The summed E-state index contributed by atoms with van der Waals surface area (Å²) in [5, 5.41) is 9.17. The van der Waals surface area contributed by atoms with E-state index >= 15 is 0 Å². The summed E-state index contributed by atoms with van der Waals surface area (Å²) in [6, 6.07) is 10.7. The van der Waals surface area contributed by atoms with Crippen molar-refractivity contribution in [2.75, 3.05) is 19.8 Å². The lowest BCUT2D eigenvalue weighted by Crippen LogP contribution is -2.40. The molecule has 1 atom stereocenters. The smallest absolute Gasteiger partial charge is 0.338 e. The SMILES string of the molecule is C=CCOc1ccc([C@@H]2C(C(=O)OCC)=C(C)N=c3s/c(=C\c4ccc(C(=O)O)cc4)c(=O)n32)cc1OCC. The van der Waals surface area contributed by atoms with Crippen LogP contribution in [0.15, 0.2) is 76.2 Å². The molecule has 2 aromatic carbocycles. The monoisotopic (exact) mass is 548 g/mol. The highest BCUT2D eigenvalue weighted by Crippen LogP contribution is 2.36. The van der Waals surface area contributed by atoms with Gasteiger partial charge in [-0.05, 0) is 62.2 Å². The lowest BCUT2D eigenvalue weighted by atomic mass is 9.95. The Kier molecular flexibility index (Phi) is 8.46. The molecule has 0 spiro atoms. The molecule has 0 radical (unpaired) electrons. The van der Waals surface area contributed by atoms with Crippen LogP contribution in [-0.4, -0.2) is 41.4 Å². The first-order valence-corrected chi connectivity index (χ1v) is 13.1. The Morgan fingerprint density at radius 3 is 2.49 bits per heavy atom. The van der Waals surface area contributed by atoms with Gasteiger partial charge >= 0.3 is 11.9 Å². The van der Waals surface area contributed by atoms with Crippen molar-refractivity contribution in [3.8, 4) is 11.5 Å². The van der Waals surface area contributed by atoms with E-state index in [0.717, 1.165) is 0 Å². The van der Waals surface area contributed by atoms with Gasteiger partial charge in [-0.2, -0.15) is 0 Å². The summed E-state index contributed by atoms with van der Waals surface area (Å²) in [7, 11) is 0. The standard InChI is InChI=1S/C29H28N2O7S/c1-5-14-38-21-13-12-20(16-22(21)36-6-2)25-24(28(35)37-7-3)17(4)30-29-31(25)26(32)23(39-29)15-18-8-10-19(11-9-18)27(33)34/h5,8-13,15-16,25H,1,6-7,14H2,2-4H3,(H,33,34)/b23-15-/t25-/m1/s1. The van der Waals surface area contributed by atoms with Gasteiger partial charge < -0.3 is 19.3 Å². The number of fused-ring (bicyclic) bond motifs is 1. The van der Waals surface area contributed by atoms with Gasteiger partial charge in [0.05, 0.1) is 40.6 Å². The number of rotatable bonds is 10. The molecule has 0 bridgehead atoms. The molecule has 1 N–H and O–H groups in total. The second-order valence-corrected chi connectivity index (χ2v) is 9.48. The fraction of sp³-hybridized carbons (Fsp3) is 0.241. The maximum atomic E-state index is 13.8. The van der Waals surface area contributed by atoms with Crippen LogP contribution in [0.4, 0.5) is 0 Å². The average Bonchev–Trinajstić information content (AvgIpc) is 3.21. The summed E-state index contributed by atoms with van der Waals surface area (Å²) in [5.74, 6) is -0.617. The minimum absolute atomic E-state index is 0.147. The van der Waals surface area contributed by atoms with Crippen LogP contribution in [0.5, 0.6) is 11.5 Å². The van der Waals surface area contributed by atoms with Gasteiger partial charge in [-0.3, -0.25) is 9.36 Å². The maximum Gasteiger partial charge on any atom is 0.338 e. The number of carboxylic acids is 1. The number of thiazole rings is 1. The summed E-state index contributed by atoms with van der Waals surface area (Å²) >= 11 is 1.18. The van der Waals surface area contributed by atoms with Gasteiger partial charge in [0.25, 0.3) is 5.56 Å². The molecule has 1 aliphatic rings. The zero-order valence-electron chi connectivity index (χ0n) is 21.8. The molecule has 0 unspecified atom stereocenters. The van der Waals surface area contributed by atoms with E-state index in [9.17, 15) is 14.4 Å². The number of ether oxygens (including phenoxy) is 3. The fourth-order valence-corrected chi connectivity index (χ4v) is 5.26. The Morgan fingerprint density at radius 1 is 1.10 bits per heavy atom. The lowest BCUT2D eigenvalue weighted by Gasteiger charge is -2.25. The van der Waals surface area contributed by atoms with Crippen molar-refractivity contribution >= 4 is 29.4 Å². The van der Waals surface area contributed by atoms with Crippen LogP contribution in [0.1, 0.15) is 48.3 Å². The van der Waals surface area contributed by atoms with Crippen molar-refractivity contribution in [1.82, 2.24) is 4.57 Å². The first kappa shape index (κ1) is 27.6. The molecule has 10 heteroatoms. The highest BCUT2D eigenvalue weighted by atomic mass is 32.1. The number of carbonyl (C=O) groups is 2. The van der Waals surface area contributed by atoms with E-state index in [0.29, 0.717) is 44.3 Å². The molecule has 0 amide bonds. The van der Waals surface area contributed by atoms with Crippen LogP contribution in [0.2, 0.25) is 0 Å². The predicted octanol–water partition coefficient (Wildman–Crippen LogP) is 3.46. The second kappa shape index (κ2) is 12.0. The fourth-order valence-electron chi connectivity index (χ4n) is 4.21. The Morgan fingerprint density at radius 2 is 1.85 bits per heavy atom. The van der Waals surface area contributed by atoms with Gasteiger partial charge in [0.15, 0.2) is 16.3 Å². The second-order valence-electron chi connectivity index (χ2n) is 8.47. The molecule has 3 aromatic rings. The van der Waals surface area contributed by atoms with Crippen LogP contribution < -0.4 is 24.4 Å². The third-order valence-corrected chi connectivity index (χ3v) is 6.90. The number of benzene rings is 2. The summed E-state index contributed by atoms with van der Waals surface area (Å²) in [4.78, 5) is 43.1. The molecule has 0 saturated carbocycles. The molecule has 2 heterocycles. The number of allylic oxidation sites excluding steroid dienone is 1. The van der Waals surface area contributed by atoms with E-state index in [2.05, 4.69) is 11.6 Å². The topological polar surface area (TPSA) is 116 Å². The van der Waals surface area contributed by atoms with Crippen LogP contribution in [0.25, 0.3) is 6.08 Å². The Bertz CT molecular complexity index is 1630. The zero-order chi connectivity index (χ0) is 28.1. The number of carbonyl (C=O) groups excluding carboxylic acids is 1. The minimum atomic E-state index is -1.03. The molecule has 202 valence electrons. The van der Waals surface area contributed by atoms with Gasteiger partial charge in [-0.15, -0.1) is 0 Å². The molecule has 0 aliphatic carbocycles. The molecule has 1 aromatic heterocycles. The van der Waals surface area contributed by atoms with E-state index in [1.807, 2.05) is 6.92 Å². The molecule has 4 rings (SSSR count). The molecule has 39 heavy (non-hydrogen) atoms. The van der Waals surface area contributed by atoms with E-state index in [4.69, 9.17) is 19.3 Å². The number of nitrogens with zero attached hydrogens (tertiary/aromatic N) is 2. The molecule has 0 saturated heterocycles. The largest absolute Gasteiger partial charge is 0.490 e. The highest BCUT2D eigenvalue weighted by molar-refractivity contribution is 7.07. The summed E-state index contributed by atoms with van der Waals surface area (Å²) in [6.45, 7) is 9.79. The van der Waals surface area contributed by atoms with Crippen molar-refractivity contribution < 1.29 is 28.9 Å². The van der Waals surface area contributed by atoms with E-state index < -0.39 is 18.0 Å². The molecule has 0 fully saturated rings. The van der Waals surface area contributed by atoms with Crippen LogP contribution >= 0.6 is 11.3 Å². The normalized spacial score (nSPS) is 14.8. The van der Waals surface area contributed by atoms with E-state index in [1.165, 1.54) is 28.0 Å². The van der Waals surface area contributed by atoms with Crippen molar-refractivity contribution in [2.45, 2.75) is 26.8 Å². The van der Waals surface area contributed by atoms with Crippen molar-refractivity contribution in [3.63, 3.8) is 0 Å². The summed E-state index contributed by atoms with van der Waals surface area (Å²) < 4.78 is 18.8. The Labute approximate surface area is 228 Å². The Balaban J connectivity index is 1.91. The number of aromatic nitrogens is 1. The quantitative estimate of drug-likeness (QED) is 0.305. The summed E-state index contributed by atoms with van der Waals surface area (Å²) in [6.07, 6.45) is 3.30. The third kappa shape index (κ3) is 5.70. The zero-order valence-corrected chi connectivity index (χ0v) is 22.6. The number of esters is 1. The minimum Gasteiger partial charge on any atom is -0.490 e. The highest BCUT2D eigenvalue weighted by Gasteiger charge is 2.34. The molecule has 1 aliphatic heterocycles. The molecular weight excluding hydrogens is 520 g/mol. The number of hydrogen-bond acceptors (Lipinski definition) is 8. The first-order valence-electron chi connectivity index (χ1n) is 12.3. The van der Waals surface area contributed by atoms with Crippen molar-refractivity contribution in [3.05, 3.63) is 103 Å². The number of aromatic carboxylic acids is 1. The van der Waals surface area contributed by atoms with Gasteiger partial charge in [0.2, 0.25) is 0 Å². The number of hydrogen-bond donors (Lipinski definition) is 1. The van der Waals surface area contributed by atoms with Gasteiger partial charge in [-0.1, -0.05) is 42.2 Å². The first-order chi connectivity index (χ1) is 18.8. The third-order valence-electron chi connectivity index (χ3n) is 5.91. The predicted molar refractivity (Wildman–Crippen MR) is 147 cm³/mol. The van der Waals surface area contributed by atoms with Crippen LogP contribution in [0, 0.1) is 0 Å². The van der Waals surface area contributed by atoms with Crippen LogP contribution in [0.3, 0.4) is 0 Å². The Hall–Kier alpha value is -4.44. The van der Waals surface area contributed by atoms with Gasteiger partial charge in [-0.25, -0.2) is 14.6 Å². The molecular formula is C29H28N2O7S. The van der Waals surface area contributed by atoms with Gasteiger partial charge in [0, 0.05) is 0 Å². The molecule has 9 nitrogen and oxygen atoms in total. The lowest BCUT2D eigenvalue weighted by molar-refractivity contribution is -0.139. The maximum absolute atomic E-state index is 13.8. The van der Waals surface area contributed by atoms with Crippen LogP contribution in [-0.2, 0) is 9.53 Å². The van der Waals surface area contributed by atoms with Crippen molar-refractivity contribution in [1.29, 1.82) is 0 Å². The van der Waals surface area contributed by atoms with E-state index in [-0.39, 0.29) is 29.9 Å². The van der Waals surface area contributed by atoms with Crippen molar-refractivity contribution in [2.24, 2.45) is 4.99 Å². The van der Waals surface area contributed by atoms with E-state index in [1.54, 1.807) is 56.3 Å².